The van der Waals surface area contributed by atoms with Gasteiger partial charge in [0.2, 0.25) is 0 Å². The summed E-state index contributed by atoms with van der Waals surface area (Å²) in [5, 5.41) is -1.20. The van der Waals surface area contributed by atoms with Crippen molar-refractivity contribution in [1.82, 2.24) is 0 Å². The van der Waals surface area contributed by atoms with Crippen LogP contribution < -0.4 is 0 Å². The quantitative estimate of drug-likeness (QED) is 0.155. The molecule has 1 unspecified atom stereocenters. The number of allylic oxidation sites excluding steroid dienone is 1. The molecular weight excluding hydrogens is 606 g/mol. The van der Waals surface area contributed by atoms with Crippen LogP contribution in [0.2, 0.25) is 0 Å². The summed E-state index contributed by atoms with van der Waals surface area (Å²) in [5.41, 5.74) is 0. The van der Waals surface area contributed by atoms with E-state index in [1.165, 1.54) is 0 Å². The van der Waals surface area contributed by atoms with Crippen molar-refractivity contribution in [3.63, 3.8) is 0 Å². The van der Waals surface area contributed by atoms with Crippen molar-refractivity contribution in [1.29, 1.82) is 1.34 Å². The van der Waals surface area contributed by atoms with Gasteiger partial charge in [0.05, 0.1) is 11.8 Å². The van der Waals surface area contributed by atoms with Gasteiger partial charge in [0, 0.05) is 59.4 Å². The van der Waals surface area contributed by atoms with Crippen molar-refractivity contribution < 1.29 is 76.5 Å². The summed E-state index contributed by atoms with van der Waals surface area (Å²) in [5.74, 6) is -1.24. The first-order valence-corrected chi connectivity index (χ1v) is 6.38. The number of esters is 2. The third kappa shape index (κ3) is 35.6. The summed E-state index contributed by atoms with van der Waals surface area (Å²) in [6.45, 7) is 1.49. The van der Waals surface area contributed by atoms with Crippen molar-refractivity contribution >= 4 is 31.9 Å². The van der Waals surface area contributed by atoms with Gasteiger partial charge in [-0.2, -0.15) is 26.3 Å². The van der Waals surface area contributed by atoms with Gasteiger partial charge in [0.1, 0.15) is 13.2 Å². The van der Waals surface area contributed by atoms with Crippen LogP contribution in [0.5, 0.6) is 0 Å². The van der Waals surface area contributed by atoms with Gasteiger partial charge >= 0.3 is 24.3 Å². The Morgan fingerprint density at radius 3 is 1.88 bits per heavy atom. The van der Waals surface area contributed by atoms with Crippen LogP contribution in [0.1, 0.15) is 20.3 Å². The zero-order valence-electron chi connectivity index (χ0n) is 14.2. The molecule has 0 N–H and O–H groups in total. The number of ether oxygens (including phenoxy) is 2. The smallest absolute Gasteiger partial charge is 0.409 e. The number of carbonyl (C=O) groups excluding carboxylic acids is 2. The van der Waals surface area contributed by atoms with Crippen LogP contribution in [0.15, 0.2) is 12.2 Å². The Hall–Kier alpha value is -0.333. The number of alkyl halides is 7. The molecule has 0 amide bonds. The monoisotopic (exact) mass is 623 g/mol. The first-order chi connectivity index (χ1) is 11.2. The molecule has 0 aliphatic rings. The average molecular weight is 624 g/mol. The first kappa shape index (κ1) is 29.4. The van der Waals surface area contributed by atoms with Crippen molar-refractivity contribution in [2.45, 2.75) is 38.0 Å². The topological polar surface area (TPSA) is 52.6 Å². The molecular formula is C12H16BClF6O4U. The van der Waals surface area contributed by atoms with E-state index < -0.39 is 42.7 Å². The largest absolute Gasteiger partial charge is 0.464 e. The van der Waals surface area contributed by atoms with E-state index in [-0.39, 0.29) is 43.8 Å². The van der Waals surface area contributed by atoms with Gasteiger partial charge in [-0.25, -0.2) is 0 Å². The molecule has 0 saturated carbocycles. The van der Waals surface area contributed by atoms with Gasteiger partial charge in [-0.3, -0.25) is 9.59 Å². The molecule has 0 rings (SSSR count). The maximum absolute atomic E-state index is 11.6. The Kier molecular flexibility index (Phi) is 18.7. The molecule has 0 aromatic heterocycles. The number of halogens is 7. The van der Waals surface area contributed by atoms with Crippen molar-refractivity contribution in [3.05, 3.63) is 12.2 Å². The van der Waals surface area contributed by atoms with Gasteiger partial charge < -0.3 is 9.47 Å². The number of hydrogen-bond donors (Lipinski definition) is 0. The van der Waals surface area contributed by atoms with Crippen LogP contribution in [0.25, 0.3) is 0 Å². The minimum atomic E-state index is -4.33. The maximum atomic E-state index is 11.6. The SMILES string of the molecule is CC(=O)OC/C=C/C(F)(F)F.CC(=O)OCC(Cl)CC(F)(F)F.[2H][B].[U]. The van der Waals surface area contributed by atoms with Crippen molar-refractivity contribution in [2.75, 3.05) is 13.2 Å². The van der Waals surface area contributed by atoms with Crippen LogP contribution >= 0.6 is 11.6 Å². The van der Waals surface area contributed by atoms with Crippen LogP contribution in [0.4, 0.5) is 26.3 Å². The van der Waals surface area contributed by atoms with Crippen molar-refractivity contribution in [2.24, 2.45) is 0 Å². The fraction of sp³-hybridized carbons (Fsp3) is 0.667. The average Bonchev–Trinajstić information content (AvgIpc) is 2.41. The summed E-state index contributed by atoms with van der Waals surface area (Å²) in [7, 11) is 3.75. The molecule has 0 heterocycles. The number of carbonyl (C=O) groups is 2. The molecule has 0 aliphatic carbocycles. The summed E-state index contributed by atoms with van der Waals surface area (Å²) in [4.78, 5) is 20.2. The van der Waals surface area contributed by atoms with E-state index in [1.807, 2.05) is 0 Å². The Labute approximate surface area is 172 Å². The van der Waals surface area contributed by atoms with Gasteiger partial charge in [0.15, 0.2) is 0 Å². The minimum absolute atomic E-state index is 0. The van der Waals surface area contributed by atoms with Crippen LogP contribution in [-0.4, -0.2) is 52.6 Å². The predicted molar refractivity (Wildman–Crippen MR) is 75.9 cm³/mol. The minimum Gasteiger partial charge on any atom is -0.464 e. The molecule has 0 bridgehead atoms. The molecule has 0 aromatic carbocycles. The zero-order chi connectivity index (χ0) is 20.7. The molecule has 0 saturated heterocycles. The number of hydrogen-bond acceptors (Lipinski definition) is 4. The first-order valence-electron chi connectivity index (χ1n) is 6.52. The third-order valence-corrected chi connectivity index (χ3v) is 1.89. The van der Waals surface area contributed by atoms with E-state index in [1.54, 1.807) is 0 Å². The van der Waals surface area contributed by atoms with E-state index in [2.05, 4.69) is 17.9 Å². The second-order valence-electron chi connectivity index (χ2n) is 3.97. The van der Waals surface area contributed by atoms with E-state index in [4.69, 9.17) is 12.9 Å². The fourth-order valence-electron chi connectivity index (χ4n) is 0.865. The standard InChI is InChI=1S/C6H8ClF3O2.C6H7F3O2.BH.U/c1-4(11)12-3-5(7)2-6(8,9)10;1-5(10)11-4-2-3-6(7,8)9;;/h5H,2-3H2,1H3;2-3H,4H2,1H3;1H;/b;3-2+;;/i;;1D;. The predicted octanol–water partition coefficient (Wildman–Crippen LogP) is 3.13. The Bertz CT molecular complexity index is 410. The molecule has 1 atom stereocenters. The molecule has 0 aliphatic heterocycles. The molecule has 144 valence electrons. The van der Waals surface area contributed by atoms with Crippen LogP contribution in [-0.2, 0) is 19.1 Å². The summed E-state index contributed by atoms with van der Waals surface area (Å²) < 4.78 is 82.6. The van der Waals surface area contributed by atoms with Gasteiger partial charge in [-0.05, 0) is 7.41 Å². The zero-order valence-corrected chi connectivity index (χ0v) is 18.1. The number of rotatable bonds is 5. The summed E-state index contributed by atoms with van der Waals surface area (Å²) >= 11 is 5.21. The summed E-state index contributed by atoms with van der Waals surface area (Å²) in [6.07, 6.45) is -9.04. The normalized spacial score (nSPS) is 12.3. The van der Waals surface area contributed by atoms with E-state index in [9.17, 15) is 35.9 Å². The van der Waals surface area contributed by atoms with Gasteiger partial charge in [-0.1, -0.05) is 0 Å². The van der Waals surface area contributed by atoms with E-state index in [0.717, 1.165) is 19.9 Å². The molecule has 0 spiro atoms. The molecule has 0 aromatic rings. The summed E-state index contributed by atoms with van der Waals surface area (Å²) in [6, 6.07) is 0. The Morgan fingerprint density at radius 2 is 1.56 bits per heavy atom. The molecule has 25 heavy (non-hydrogen) atoms. The third-order valence-electron chi connectivity index (χ3n) is 1.61. The molecule has 2 radical (unpaired) electrons. The van der Waals surface area contributed by atoms with Crippen molar-refractivity contribution in [3.8, 4) is 0 Å². The Balaban J connectivity index is -0.000000164. The molecule has 0 fully saturated rings. The molecule has 4 nitrogen and oxygen atoms in total. The molecule has 13 heteroatoms. The Morgan fingerprint density at radius 1 is 1.12 bits per heavy atom. The van der Waals surface area contributed by atoms with E-state index >= 15 is 0 Å². The van der Waals surface area contributed by atoms with Gasteiger partial charge in [0.25, 0.3) is 0 Å². The van der Waals surface area contributed by atoms with Gasteiger partial charge in [-0.15, -0.1) is 11.6 Å². The maximum Gasteiger partial charge on any atom is 0.409 e. The van der Waals surface area contributed by atoms with E-state index in [0.29, 0.717) is 0 Å². The van der Waals surface area contributed by atoms with Crippen LogP contribution in [0.3, 0.4) is 0 Å². The second kappa shape index (κ2) is 15.9. The van der Waals surface area contributed by atoms with Crippen LogP contribution in [0, 0.1) is 31.1 Å². The fourth-order valence-corrected chi connectivity index (χ4v) is 1.10. The second-order valence-corrected chi connectivity index (χ2v) is 4.58.